The fourth-order valence-corrected chi connectivity index (χ4v) is 3.52. The standard InChI is InChI=1S/C22H17FO10/c23-18-11(6-15(28)19(29)20(18)30)22(31)33-17-7-10-13(26)4-9(24)5-16(10)32-21(17)8-1-2-12(25)14(27)3-8/h1-6,17,21,24-30H,7H2/t17-,21+/m1/s1. The van der Waals surface area contributed by atoms with Gasteiger partial charge in [0.1, 0.15) is 28.9 Å². The van der Waals surface area contributed by atoms with E-state index in [-0.39, 0.29) is 34.8 Å². The average molecular weight is 460 g/mol. The molecule has 1 heterocycles. The van der Waals surface area contributed by atoms with Crippen LogP contribution >= 0.6 is 0 Å². The van der Waals surface area contributed by atoms with Crippen molar-refractivity contribution in [2.24, 2.45) is 0 Å². The van der Waals surface area contributed by atoms with Crippen molar-refractivity contribution < 1.29 is 54.4 Å². The first-order valence-corrected chi connectivity index (χ1v) is 9.44. The molecule has 7 N–H and O–H groups in total. The van der Waals surface area contributed by atoms with Gasteiger partial charge in [0.05, 0.1) is 0 Å². The van der Waals surface area contributed by atoms with Crippen molar-refractivity contribution in [2.45, 2.75) is 18.6 Å². The van der Waals surface area contributed by atoms with Crippen LogP contribution in [-0.2, 0) is 11.2 Å². The molecule has 0 radical (unpaired) electrons. The van der Waals surface area contributed by atoms with Crippen LogP contribution in [0.25, 0.3) is 0 Å². The zero-order valence-corrected chi connectivity index (χ0v) is 16.6. The number of ether oxygens (including phenoxy) is 2. The SMILES string of the molecule is O=C(O[C@@H]1Cc2c(O)cc(O)cc2O[C@H]1c1ccc(O)c(O)c1)c1cc(O)c(O)c(O)c1F. The Morgan fingerprint density at radius 3 is 2.30 bits per heavy atom. The van der Waals surface area contributed by atoms with Gasteiger partial charge in [-0.15, -0.1) is 0 Å². The summed E-state index contributed by atoms with van der Waals surface area (Å²) in [6.07, 6.45) is -2.55. The highest BCUT2D eigenvalue weighted by Crippen LogP contribution is 2.44. The monoisotopic (exact) mass is 460 g/mol. The number of aromatic hydroxyl groups is 7. The molecule has 0 unspecified atom stereocenters. The second kappa shape index (κ2) is 7.86. The molecule has 3 aromatic carbocycles. The van der Waals surface area contributed by atoms with Crippen LogP contribution in [0.2, 0.25) is 0 Å². The van der Waals surface area contributed by atoms with E-state index in [1.165, 1.54) is 12.1 Å². The number of phenolic OH excluding ortho intramolecular Hbond substituents is 7. The van der Waals surface area contributed by atoms with E-state index < -0.39 is 58.3 Å². The zero-order chi connectivity index (χ0) is 24.0. The molecule has 1 aliphatic rings. The van der Waals surface area contributed by atoms with Gasteiger partial charge in [0.15, 0.2) is 34.9 Å². The molecule has 0 amide bonds. The minimum absolute atomic E-state index is 0.0588. The number of hydrogen-bond acceptors (Lipinski definition) is 10. The number of phenols is 7. The number of carbonyl (C=O) groups is 1. The van der Waals surface area contributed by atoms with Crippen molar-refractivity contribution in [3.63, 3.8) is 0 Å². The van der Waals surface area contributed by atoms with Crippen LogP contribution in [0.15, 0.2) is 36.4 Å². The summed E-state index contributed by atoms with van der Waals surface area (Å²) < 4.78 is 25.5. The molecule has 0 saturated heterocycles. The fourth-order valence-electron chi connectivity index (χ4n) is 3.52. The number of rotatable bonds is 3. The summed E-state index contributed by atoms with van der Waals surface area (Å²) in [7, 11) is 0. The number of halogens is 1. The van der Waals surface area contributed by atoms with Crippen LogP contribution in [0.1, 0.15) is 27.6 Å². The van der Waals surface area contributed by atoms with Crippen molar-refractivity contribution in [3.05, 3.63) is 58.9 Å². The summed E-state index contributed by atoms with van der Waals surface area (Å²) in [5.74, 6) is -7.83. The maximum atomic E-state index is 14.3. The number of esters is 1. The van der Waals surface area contributed by atoms with E-state index in [0.29, 0.717) is 6.07 Å². The van der Waals surface area contributed by atoms with Gasteiger partial charge in [-0.25, -0.2) is 9.18 Å². The van der Waals surface area contributed by atoms with Crippen LogP contribution in [0.3, 0.4) is 0 Å². The molecule has 0 aliphatic carbocycles. The highest BCUT2D eigenvalue weighted by Gasteiger charge is 2.37. The second-order valence-corrected chi connectivity index (χ2v) is 7.33. The predicted molar refractivity (Wildman–Crippen MR) is 107 cm³/mol. The van der Waals surface area contributed by atoms with E-state index in [0.717, 1.165) is 18.2 Å². The van der Waals surface area contributed by atoms with Crippen LogP contribution in [-0.4, -0.2) is 47.8 Å². The van der Waals surface area contributed by atoms with E-state index in [1.54, 1.807) is 0 Å². The minimum atomic E-state index is -1.53. The summed E-state index contributed by atoms with van der Waals surface area (Å²) in [6.45, 7) is 0. The number of fused-ring (bicyclic) bond motifs is 1. The lowest BCUT2D eigenvalue weighted by atomic mass is 9.93. The van der Waals surface area contributed by atoms with Gasteiger partial charge >= 0.3 is 5.97 Å². The summed E-state index contributed by atoms with van der Waals surface area (Å²) in [4.78, 5) is 12.7. The molecular weight excluding hydrogens is 443 g/mol. The highest BCUT2D eigenvalue weighted by atomic mass is 19.1. The van der Waals surface area contributed by atoms with E-state index in [2.05, 4.69) is 0 Å². The zero-order valence-electron chi connectivity index (χ0n) is 16.6. The molecule has 11 heteroatoms. The normalized spacial score (nSPS) is 17.1. The van der Waals surface area contributed by atoms with E-state index >= 15 is 0 Å². The number of carbonyl (C=O) groups excluding carboxylic acids is 1. The molecule has 0 fully saturated rings. The Kier molecular flexibility index (Phi) is 5.16. The molecule has 4 rings (SSSR count). The quantitative estimate of drug-likeness (QED) is 0.227. The maximum absolute atomic E-state index is 14.3. The maximum Gasteiger partial charge on any atom is 0.341 e. The van der Waals surface area contributed by atoms with Gasteiger partial charge in [-0.05, 0) is 12.1 Å². The Balaban J connectivity index is 1.75. The summed E-state index contributed by atoms with van der Waals surface area (Å²) in [5, 5.41) is 68.0. The van der Waals surface area contributed by atoms with Crippen LogP contribution in [0.4, 0.5) is 4.39 Å². The lowest BCUT2D eigenvalue weighted by molar-refractivity contribution is -0.0192. The summed E-state index contributed by atoms with van der Waals surface area (Å²) in [6, 6.07) is 6.51. The third kappa shape index (κ3) is 3.80. The number of hydrogen-bond donors (Lipinski definition) is 7. The molecule has 10 nitrogen and oxygen atoms in total. The molecule has 3 aromatic rings. The predicted octanol–water partition coefficient (Wildman–Crippen LogP) is 2.67. The third-order valence-corrected chi connectivity index (χ3v) is 5.17. The van der Waals surface area contributed by atoms with Crippen LogP contribution < -0.4 is 4.74 Å². The smallest absolute Gasteiger partial charge is 0.341 e. The van der Waals surface area contributed by atoms with Gasteiger partial charge in [-0.1, -0.05) is 6.07 Å². The Hall–Kier alpha value is -4.54. The Bertz CT molecular complexity index is 1270. The minimum Gasteiger partial charge on any atom is -0.508 e. The molecule has 0 bridgehead atoms. The van der Waals surface area contributed by atoms with Crippen molar-refractivity contribution in [2.75, 3.05) is 0 Å². The fraction of sp³-hybridized carbons (Fsp3) is 0.136. The first-order chi connectivity index (χ1) is 15.6. The first-order valence-electron chi connectivity index (χ1n) is 9.44. The van der Waals surface area contributed by atoms with Crippen molar-refractivity contribution in [1.82, 2.24) is 0 Å². The van der Waals surface area contributed by atoms with E-state index in [1.807, 2.05) is 0 Å². The van der Waals surface area contributed by atoms with Gasteiger partial charge in [0.25, 0.3) is 0 Å². The van der Waals surface area contributed by atoms with Gasteiger partial charge < -0.3 is 45.2 Å². The molecule has 0 saturated carbocycles. The molecule has 0 aromatic heterocycles. The average Bonchev–Trinajstić information content (AvgIpc) is 2.76. The van der Waals surface area contributed by atoms with Gasteiger partial charge in [0, 0.05) is 35.7 Å². The topological polar surface area (TPSA) is 177 Å². The lowest BCUT2D eigenvalue weighted by Crippen LogP contribution is -2.35. The number of benzene rings is 3. The van der Waals surface area contributed by atoms with Crippen molar-refractivity contribution in [3.8, 4) is 46.0 Å². The van der Waals surface area contributed by atoms with E-state index in [9.17, 15) is 44.9 Å². The molecule has 1 aliphatic heterocycles. The summed E-state index contributed by atoms with van der Waals surface area (Å²) >= 11 is 0. The second-order valence-electron chi connectivity index (χ2n) is 7.33. The Morgan fingerprint density at radius 1 is 0.879 bits per heavy atom. The summed E-state index contributed by atoms with van der Waals surface area (Å²) in [5.41, 5.74) is -0.481. The Labute approximate surface area is 184 Å². The largest absolute Gasteiger partial charge is 0.508 e. The van der Waals surface area contributed by atoms with Crippen molar-refractivity contribution in [1.29, 1.82) is 0 Å². The lowest BCUT2D eigenvalue weighted by Gasteiger charge is -2.34. The highest BCUT2D eigenvalue weighted by molar-refractivity contribution is 5.91. The Morgan fingerprint density at radius 2 is 1.61 bits per heavy atom. The molecule has 33 heavy (non-hydrogen) atoms. The molecular formula is C22H17FO10. The first kappa shape index (κ1) is 21.7. The van der Waals surface area contributed by atoms with Gasteiger partial charge in [0.2, 0.25) is 5.75 Å². The van der Waals surface area contributed by atoms with Crippen LogP contribution in [0.5, 0.6) is 46.0 Å². The third-order valence-electron chi connectivity index (χ3n) is 5.17. The molecule has 0 spiro atoms. The van der Waals surface area contributed by atoms with Crippen LogP contribution in [0, 0.1) is 5.82 Å². The molecule has 2 atom stereocenters. The van der Waals surface area contributed by atoms with Gasteiger partial charge in [-0.2, -0.15) is 0 Å². The van der Waals surface area contributed by atoms with Gasteiger partial charge in [-0.3, -0.25) is 0 Å². The van der Waals surface area contributed by atoms with E-state index in [4.69, 9.17) is 9.47 Å². The van der Waals surface area contributed by atoms with Crippen molar-refractivity contribution >= 4 is 5.97 Å². The molecule has 172 valence electrons.